The van der Waals surface area contributed by atoms with E-state index in [1.54, 1.807) is 39.2 Å². The van der Waals surface area contributed by atoms with Gasteiger partial charge in [0, 0.05) is 8.95 Å². The molecular formula is C32H27Br3N2O6S. The molecule has 1 aliphatic heterocycles. The SMILES string of the molecule is CCOC(=O)C1=C(C)N=c2s/c(=C\c3ccc(OCc4ccc(Br)cc4)c(Br)c3)c(=O)n2[C@@H]1c1cc(OC)c(OC)cc1Br. The van der Waals surface area contributed by atoms with Crippen molar-refractivity contribution in [3.8, 4) is 17.2 Å². The number of fused-ring (bicyclic) bond motifs is 1. The van der Waals surface area contributed by atoms with Crippen LogP contribution >= 0.6 is 59.1 Å². The fourth-order valence-corrected chi connectivity index (χ4v) is 7.14. The summed E-state index contributed by atoms with van der Waals surface area (Å²) >= 11 is 11.9. The molecule has 0 spiro atoms. The number of benzene rings is 3. The second kappa shape index (κ2) is 13.8. The lowest BCUT2D eigenvalue weighted by molar-refractivity contribution is -0.139. The number of allylic oxidation sites excluding steroid dienone is 1. The number of ether oxygens (including phenoxy) is 4. The van der Waals surface area contributed by atoms with E-state index in [0.29, 0.717) is 48.9 Å². The molecule has 5 rings (SSSR count). The molecule has 0 saturated heterocycles. The number of thiazole rings is 1. The largest absolute Gasteiger partial charge is 0.493 e. The van der Waals surface area contributed by atoms with Crippen LogP contribution in [0.5, 0.6) is 17.2 Å². The molecule has 1 aliphatic rings. The standard InChI is InChI=1S/C32H27Br3N2O6S/c1-5-42-31(39)28-17(2)36-32-37(29(28)21-14-25(40-3)26(41-4)15-22(21)34)30(38)27(44-32)13-19-8-11-24(23(35)12-19)43-16-18-6-9-20(33)10-7-18/h6-15,29H,5,16H2,1-4H3/b27-13-/t29-/m1/s1. The summed E-state index contributed by atoms with van der Waals surface area (Å²) in [6.45, 7) is 4.07. The first kappa shape index (κ1) is 32.2. The van der Waals surface area contributed by atoms with E-state index in [1.165, 1.54) is 23.0 Å². The first-order valence-electron chi connectivity index (χ1n) is 13.4. The van der Waals surface area contributed by atoms with Crippen molar-refractivity contribution in [3.05, 3.63) is 116 Å². The third kappa shape index (κ3) is 6.58. The smallest absolute Gasteiger partial charge is 0.338 e. The Morgan fingerprint density at radius 2 is 1.68 bits per heavy atom. The Morgan fingerprint density at radius 1 is 0.977 bits per heavy atom. The number of hydrogen-bond donors (Lipinski definition) is 0. The van der Waals surface area contributed by atoms with Crippen LogP contribution in [0.2, 0.25) is 0 Å². The van der Waals surface area contributed by atoms with Crippen LogP contribution in [0.25, 0.3) is 6.08 Å². The number of nitrogens with zero attached hydrogens (tertiary/aromatic N) is 2. The van der Waals surface area contributed by atoms with Crippen LogP contribution in [-0.4, -0.2) is 31.4 Å². The molecule has 0 radical (unpaired) electrons. The van der Waals surface area contributed by atoms with Gasteiger partial charge in [0.05, 0.1) is 47.1 Å². The maximum absolute atomic E-state index is 14.1. The van der Waals surface area contributed by atoms with E-state index in [1.807, 2.05) is 42.5 Å². The van der Waals surface area contributed by atoms with Gasteiger partial charge >= 0.3 is 5.97 Å². The van der Waals surface area contributed by atoms with Gasteiger partial charge in [0.2, 0.25) is 0 Å². The van der Waals surface area contributed by atoms with Crippen molar-refractivity contribution < 1.29 is 23.7 Å². The van der Waals surface area contributed by atoms with Crippen molar-refractivity contribution in [2.75, 3.05) is 20.8 Å². The molecule has 3 aromatic carbocycles. The average Bonchev–Trinajstić information content (AvgIpc) is 3.30. The van der Waals surface area contributed by atoms with Crippen molar-refractivity contribution in [2.24, 2.45) is 4.99 Å². The van der Waals surface area contributed by atoms with Crippen molar-refractivity contribution in [1.82, 2.24) is 4.57 Å². The summed E-state index contributed by atoms with van der Waals surface area (Å²) in [6, 6.07) is 16.3. The van der Waals surface area contributed by atoms with E-state index >= 15 is 0 Å². The summed E-state index contributed by atoms with van der Waals surface area (Å²) in [5.74, 6) is 1.10. The molecule has 0 bridgehead atoms. The molecule has 0 amide bonds. The monoisotopic (exact) mass is 804 g/mol. The normalized spacial score (nSPS) is 14.6. The van der Waals surface area contributed by atoms with Gasteiger partial charge in [-0.05, 0) is 88.9 Å². The first-order chi connectivity index (χ1) is 21.1. The number of halogens is 3. The minimum atomic E-state index is -0.817. The molecule has 0 fully saturated rings. The number of rotatable bonds is 9. The van der Waals surface area contributed by atoms with Crippen LogP contribution in [0.3, 0.4) is 0 Å². The summed E-state index contributed by atoms with van der Waals surface area (Å²) in [5, 5.41) is 0. The Bertz CT molecular complexity index is 1950. The van der Waals surface area contributed by atoms with E-state index in [-0.39, 0.29) is 17.7 Å². The molecule has 1 aromatic heterocycles. The van der Waals surface area contributed by atoms with Gasteiger partial charge in [-0.25, -0.2) is 9.79 Å². The molecule has 0 N–H and O–H groups in total. The van der Waals surface area contributed by atoms with Gasteiger partial charge in [-0.15, -0.1) is 0 Å². The van der Waals surface area contributed by atoms with Gasteiger partial charge in [-0.1, -0.05) is 61.4 Å². The van der Waals surface area contributed by atoms with Gasteiger partial charge < -0.3 is 18.9 Å². The Hall–Kier alpha value is -3.19. The highest BCUT2D eigenvalue weighted by Gasteiger charge is 2.35. The number of esters is 1. The highest BCUT2D eigenvalue weighted by atomic mass is 79.9. The zero-order chi connectivity index (χ0) is 31.5. The molecule has 44 heavy (non-hydrogen) atoms. The predicted molar refractivity (Wildman–Crippen MR) is 180 cm³/mol. The fourth-order valence-electron chi connectivity index (χ4n) is 4.78. The fraction of sp³-hybridized carbons (Fsp3) is 0.219. The van der Waals surface area contributed by atoms with Crippen molar-refractivity contribution >= 4 is 71.2 Å². The quantitative estimate of drug-likeness (QED) is 0.176. The molecular weight excluding hydrogens is 780 g/mol. The van der Waals surface area contributed by atoms with Crippen molar-refractivity contribution in [2.45, 2.75) is 26.5 Å². The van der Waals surface area contributed by atoms with Crippen molar-refractivity contribution in [3.63, 3.8) is 0 Å². The van der Waals surface area contributed by atoms with E-state index < -0.39 is 12.0 Å². The lowest BCUT2D eigenvalue weighted by atomic mass is 9.95. The molecule has 2 heterocycles. The summed E-state index contributed by atoms with van der Waals surface area (Å²) in [5.41, 5.74) is 2.91. The van der Waals surface area contributed by atoms with E-state index in [4.69, 9.17) is 18.9 Å². The van der Waals surface area contributed by atoms with Crippen molar-refractivity contribution in [1.29, 1.82) is 0 Å². The molecule has 1 atom stereocenters. The van der Waals surface area contributed by atoms with Gasteiger partial charge in [-0.3, -0.25) is 9.36 Å². The number of carbonyl (C=O) groups is 1. The molecule has 0 saturated carbocycles. The molecule has 228 valence electrons. The Labute approximate surface area is 283 Å². The highest BCUT2D eigenvalue weighted by Crippen LogP contribution is 2.40. The predicted octanol–water partition coefficient (Wildman–Crippen LogP) is 6.68. The number of aromatic nitrogens is 1. The third-order valence-electron chi connectivity index (χ3n) is 6.88. The summed E-state index contributed by atoms with van der Waals surface area (Å²) in [4.78, 5) is 32.5. The molecule has 0 aliphatic carbocycles. The van der Waals surface area contributed by atoms with Crippen LogP contribution in [0.1, 0.15) is 36.6 Å². The average molecular weight is 807 g/mol. The second-order valence-electron chi connectivity index (χ2n) is 9.64. The van der Waals surface area contributed by atoms with Gasteiger partial charge in [0.1, 0.15) is 12.4 Å². The lowest BCUT2D eigenvalue weighted by Crippen LogP contribution is -2.40. The van der Waals surface area contributed by atoms with E-state index in [9.17, 15) is 9.59 Å². The Morgan fingerprint density at radius 3 is 2.34 bits per heavy atom. The zero-order valence-corrected chi connectivity index (χ0v) is 29.7. The third-order valence-corrected chi connectivity index (χ3v) is 9.69. The lowest BCUT2D eigenvalue weighted by Gasteiger charge is -2.26. The number of methoxy groups -OCH3 is 2. The molecule has 12 heteroatoms. The summed E-state index contributed by atoms with van der Waals surface area (Å²) < 4.78 is 26.8. The van der Waals surface area contributed by atoms with Crippen LogP contribution in [0.4, 0.5) is 0 Å². The summed E-state index contributed by atoms with van der Waals surface area (Å²) in [6.07, 6.45) is 1.80. The Kier molecular flexibility index (Phi) is 10.1. The molecule has 8 nitrogen and oxygen atoms in total. The minimum absolute atomic E-state index is 0.178. The maximum Gasteiger partial charge on any atom is 0.338 e. The number of carbonyl (C=O) groups excluding carboxylic acids is 1. The van der Waals surface area contributed by atoms with Crippen LogP contribution in [-0.2, 0) is 16.1 Å². The van der Waals surface area contributed by atoms with Gasteiger partial charge in [0.25, 0.3) is 5.56 Å². The highest BCUT2D eigenvalue weighted by molar-refractivity contribution is 9.11. The molecule has 4 aromatic rings. The maximum atomic E-state index is 14.1. The van der Waals surface area contributed by atoms with E-state index in [0.717, 1.165) is 20.1 Å². The Balaban J connectivity index is 1.57. The van der Waals surface area contributed by atoms with Gasteiger partial charge in [0.15, 0.2) is 16.3 Å². The van der Waals surface area contributed by atoms with Crippen LogP contribution < -0.4 is 29.1 Å². The summed E-state index contributed by atoms with van der Waals surface area (Å²) in [7, 11) is 3.07. The molecule has 0 unspecified atom stereocenters. The van der Waals surface area contributed by atoms with Gasteiger partial charge in [-0.2, -0.15) is 0 Å². The van der Waals surface area contributed by atoms with E-state index in [2.05, 4.69) is 52.8 Å². The number of hydrogen-bond acceptors (Lipinski definition) is 8. The zero-order valence-electron chi connectivity index (χ0n) is 24.2. The van der Waals surface area contributed by atoms with Crippen LogP contribution in [0.15, 0.2) is 89.1 Å². The second-order valence-corrected chi connectivity index (χ2v) is 13.3. The topological polar surface area (TPSA) is 88.4 Å². The minimum Gasteiger partial charge on any atom is -0.493 e. The first-order valence-corrected chi connectivity index (χ1v) is 16.6. The van der Waals surface area contributed by atoms with Crippen LogP contribution in [0, 0.1) is 0 Å².